The van der Waals surface area contributed by atoms with Crippen LogP contribution in [-0.2, 0) is 11.3 Å². The molecule has 0 spiro atoms. The van der Waals surface area contributed by atoms with Gasteiger partial charge in [-0.25, -0.2) is 10.2 Å². The first-order valence-corrected chi connectivity index (χ1v) is 9.31. The minimum atomic E-state index is -0.365. The highest BCUT2D eigenvalue weighted by Gasteiger charge is 2.05. The molecule has 142 valence electrons. The molecule has 0 radical (unpaired) electrons. The predicted molar refractivity (Wildman–Crippen MR) is 108 cm³/mol. The summed E-state index contributed by atoms with van der Waals surface area (Å²) in [5.74, 6) is 0.109. The molecule has 3 rings (SSSR count). The number of hydrogen-bond donors (Lipinski definition) is 1. The topological polar surface area (TPSA) is 77.0 Å². The molecule has 1 amide bonds. The summed E-state index contributed by atoms with van der Waals surface area (Å²) in [5, 5.41) is 5.79. The number of hydrogen-bond acceptors (Lipinski definition) is 6. The zero-order valence-electron chi connectivity index (χ0n) is 15.1. The molecule has 28 heavy (non-hydrogen) atoms. The Hall–Kier alpha value is -3.45. The van der Waals surface area contributed by atoms with E-state index < -0.39 is 0 Å². The number of nitrogens with zero attached hydrogens (tertiary/aromatic N) is 1. The third-order valence-corrected chi connectivity index (χ3v) is 4.65. The number of rotatable bonds is 7. The van der Waals surface area contributed by atoms with E-state index in [1.165, 1.54) is 18.4 Å². The monoisotopic (exact) mass is 394 g/mol. The average molecular weight is 394 g/mol. The Bertz CT molecular complexity index is 949. The van der Waals surface area contributed by atoms with Crippen LogP contribution in [0.3, 0.4) is 0 Å². The average Bonchev–Trinajstić information content (AvgIpc) is 3.28. The highest BCUT2D eigenvalue weighted by atomic mass is 32.1. The van der Waals surface area contributed by atoms with Gasteiger partial charge in [-0.3, -0.25) is 4.79 Å². The molecule has 0 atom stereocenters. The van der Waals surface area contributed by atoms with E-state index >= 15 is 0 Å². The summed E-state index contributed by atoms with van der Waals surface area (Å²) in [6.07, 6.45) is 1.57. The molecule has 6 nitrogen and oxygen atoms in total. The van der Waals surface area contributed by atoms with Crippen molar-refractivity contribution >= 4 is 29.4 Å². The normalized spacial score (nSPS) is 10.6. The van der Waals surface area contributed by atoms with Gasteiger partial charge in [0.2, 0.25) is 0 Å². The minimum Gasteiger partial charge on any atom is -0.489 e. The van der Waals surface area contributed by atoms with Crippen LogP contribution < -0.4 is 10.2 Å². The number of benzene rings is 2. The third-order valence-electron chi connectivity index (χ3n) is 3.79. The molecule has 0 fully saturated rings. The third kappa shape index (κ3) is 5.28. The van der Waals surface area contributed by atoms with Gasteiger partial charge in [0, 0.05) is 0 Å². The summed E-state index contributed by atoms with van der Waals surface area (Å²) in [6.45, 7) is 0.381. The Kier molecular flexibility index (Phi) is 6.54. The first-order chi connectivity index (χ1) is 13.7. The molecule has 7 heteroatoms. The largest absolute Gasteiger partial charge is 0.489 e. The maximum atomic E-state index is 11.8. The van der Waals surface area contributed by atoms with Crippen LogP contribution in [0.4, 0.5) is 0 Å². The van der Waals surface area contributed by atoms with Crippen molar-refractivity contribution in [1.82, 2.24) is 5.43 Å². The quantitative estimate of drug-likeness (QED) is 0.375. The lowest BCUT2D eigenvalue weighted by atomic mass is 10.1. The van der Waals surface area contributed by atoms with Crippen molar-refractivity contribution in [2.75, 3.05) is 7.11 Å². The van der Waals surface area contributed by atoms with E-state index in [0.29, 0.717) is 22.8 Å². The fourth-order valence-electron chi connectivity index (χ4n) is 2.30. The molecule has 0 saturated carbocycles. The lowest BCUT2D eigenvalue weighted by molar-refractivity contribution is 0.0600. The molecule has 2 aromatic carbocycles. The van der Waals surface area contributed by atoms with E-state index in [1.54, 1.807) is 24.4 Å². The fourth-order valence-corrected chi connectivity index (χ4v) is 2.91. The Morgan fingerprint density at radius 2 is 1.82 bits per heavy atom. The maximum Gasteiger partial charge on any atom is 0.337 e. The first kappa shape index (κ1) is 19.3. The van der Waals surface area contributed by atoms with Gasteiger partial charge in [0.05, 0.1) is 23.8 Å². The molecule has 1 heterocycles. The Morgan fingerprint density at radius 3 is 2.46 bits per heavy atom. The molecule has 1 aromatic heterocycles. The zero-order chi connectivity index (χ0) is 19.8. The van der Waals surface area contributed by atoms with E-state index in [9.17, 15) is 9.59 Å². The number of methoxy groups -OCH3 is 1. The van der Waals surface area contributed by atoms with Crippen LogP contribution in [-0.4, -0.2) is 25.2 Å². The Morgan fingerprint density at radius 1 is 1.07 bits per heavy atom. The molecule has 0 aliphatic heterocycles. The Balaban J connectivity index is 1.49. The van der Waals surface area contributed by atoms with Crippen molar-refractivity contribution in [3.8, 4) is 5.75 Å². The summed E-state index contributed by atoms with van der Waals surface area (Å²) >= 11 is 1.36. The van der Waals surface area contributed by atoms with E-state index in [4.69, 9.17) is 4.74 Å². The van der Waals surface area contributed by atoms with E-state index in [-0.39, 0.29) is 11.9 Å². The van der Waals surface area contributed by atoms with Crippen molar-refractivity contribution in [1.29, 1.82) is 0 Å². The highest BCUT2D eigenvalue weighted by Crippen LogP contribution is 2.14. The van der Waals surface area contributed by atoms with Crippen LogP contribution in [0.1, 0.15) is 31.2 Å². The number of ether oxygens (including phenoxy) is 2. The van der Waals surface area contributed by atoms with Crippen molar-refractivity contribution in [2.24, 2.45) is 5.10 Å². The molecule has 0 saturated heterocycles. The zero-order valence-corrected chi connectivity index (χ0v) is 15.9. The lowest BCUT2D eigenvalue weighted by Gasteiger charge is -2.07. The molecule has 0 aliphatic rings. The summed E-state index contributed by atoms with van der Waals surface area (Å²) in [7, 11) is 1.35. The van der Waals surface area contributed by atoms with Gasteiger partial charge in [-0.1, -0.05) is 18.2 Å². The SMILES string of the molecule is COC(=O)c1ccc(COc2ccc(/C=N/NC(=O)c3cccs3)cc2)cc1. The van der Waals surface area contributed by atoms with Gasteiger partial charge in [-0.2, -0.15) is 5.10 Å². The number of esters is 1. The van der Waals surface area contributed by atoms with E-state index in [2.05, 4.69) is 15.3 Å². The van der Waals surface area contributed by atoms with E-state index in [1.807, 2.05) is 47.8 Å². The van der Waals surface area contributed by atoms with Gasteiger partial charge in [-0.15, -0.1) is 11.3 Å². The van der Waals surface area contributed by atoms with Crippen LogP contribution in [0, 0.1) is 0 Å². The molecule has 0 aliphatic carbocycles. The van der Waals surface area contributed by atoms with Crippen molar-refractivity contribution in [3.63, 3.8) is 0 Å². The number of carbonyl (C=O) groups excluding carboxylic acids is 2. The second kappa shape index (κ2) is 9.48. The van der Waals surface area contributed by atoms with Crippen LogP contribution >= 0.6 is 11.3 Å². The lowest BCUT2D eigenvalue weighted by Crippen LogP contribution is -2.16. The number of hydrazone groups is 1. The summed E-state index contributed by atoms with van der Waals surface area (Å²) < 4.78 is 10.4. The smallest absolute Gasteiger partial charge is 0.337 e. The summed E-state index contributed by atoms with van der Waals surface area (Å²) in [5.41, 5.74) is 4.76. The standard InChI is InChI=1S/C21H18N2O4S/c1-26-21(25)17-8-4-16(5-9-17)14-27-18-10-6-15(7-11-18)13-22-23-20(24)19-3-2-12-28-19/h2-13H,14H2,1H3,(H,23,24)/b22-13+. The molecule has 3 aromatic rings. The number of thiophene rings is 1. The summed E-state index contributed by atoms with van der Waals surface area (Å²) in [4.78, 5) is 23.8. The number of amides is 1. The number of nitrogens with one attached hydrogen (secondary N) is 1. The molecular formula is C21H18N2O4S. The maximum absolute atomic E-state index is 11.8. The van der Waals surface area contributed by atoms with Gasteiger partial charge in [0.15, 0.2) is 0 Å². The highest BCUT2D eigenvalue weighted by molar-refractivity contribution is 7.12. The second-order valence-corrected chi connectivity index (χ2v) is 6.67. The van der Waals surface area contributed by atoms with Crippen LogP contribution in [0.2, 0.25) is 0 Å². The molecule has 1 N–H and O–H groups in total. The van der Waals surface area contributed by atoms with Crippen LogP contribution in [0.15, 0.2) is 71.1 Å². The van der Waals surface area contributed by atoms with Gasteiger partial charge in [0.25, 0.3) is 5.91 Å². The minimum absolute atomic E-state index is 0.232. The predicted octanol–water partition coefficient (Wildman–Crippen LogP) is 3.88. The van der Waals surface area contributed by atoms with Gasteiger partial charge >= 0.3 is 5.97 Å². The molecule has 0 bridgehead atoms. The second-order valence-electron chi connectivity index (χ2n) is 5.72. The van der Waals surface area contributed by atoms with E-state index in [0.717, 1.165) is 11.1 Å². The van der Waals surface area contributed by atoms with Gasteiger partial charge < -0.3 is 9.47 Å². The van der Waals surface area contributed by atoms with Gasteiger partial charge in [0.1, 0.15) is 12.4 Å². The fraction of sp³-hybridized carbons (Fsp3) is 0.0952. The van der Waals surface area contributed by atoms with Crippen LogP contribution in [0.25, 0.3) is 0 Å². The van der Waals surface area contributed by atoms with Crippen LogP contribution in [0.5, 0.6) is 5.75 Å². The molecular weight excluding hydrogens is 376 g/mol. The summed E-state index contributed by atoms with van der Waals surface area (Å²) in [6, 6.07) is 17.9. The number of carbonyl (C=O) groups is 2. The van der Waals surface area contributed by atoms with Gasteiger partial charge in [-0.05, 0) is 59.0 Å². The Labute approximate surface area is 166 Å². The van der Waals surface area contributed by atoms with Crippen molar-refractivity contribution < 1.29 is 19.1 Å². The molecule has 0 unspecified atom stereocenters. The first-order valence-electron chi connectivity index (χ1n) is 8.43. The van der Waals surface area contributed by atoms with Crippen molar-refractivity contribution in [2.45, 2.75) is 6.61 Å². The van der Waals surface area contributed by atoms with Crippen molar-refractivity contribution in [3.05, 3.63) is 87.6 Å².